The molecule has 0 aliphatic rings. The minimum Gasteiger partial charge on any atom is -0.469 e. The summed E-state index contributed by atoms with van der Waals surface area (Å²) in [7, 11) is 1.40. The summed E-state index contributed by atoms with van der Waals surface area (Å²) in [6, 6.07) is 3.97. The number of hydrogen-bond donors (Lipinski definition) is 1. The molecule has 0 atom stereocenters. The first kappa shape index (κ1) is 14.9. The second-order valence-electron chi connectivity index (χ2n) is 4.86. The van der Waals surface area contributed by atoms with Gasteiger partial charge in [-0.2, -0.15) is 0 Å². The highest BCUT2D eigenvalue weighted by Crippen LogP contribution is 2.28. The lowest BCUT2D eigenvalue weighted by atomic mass is 10.1. The first-order chi connectivity index (χ1) is 9.56. The molecule has 2 rings (SSSR count). The second-order valence-corrected chi connectivity index (χ2v) is 5.27. The van der Waals surface area contributed by atoms with Crippen molar-refractivity contribution in [3.8, 4) is 0 Å². The van der Waals surface area contributed by atoms with Crippen LogP contribution in [-0.2, 0) is 22.5 Å². The Hall–Kier alpha value is -1.52. The van der Waals surface area contributed by atoms with Gasteiger partial charge >= 0.3 is 5.97 Å². The van der Waals surface area contributed by atoms with E-state index in [4.69, 9.17) is 22.1 Å². The van der Waals surface area contributed by atoms with Gasteiger partial charge in [-0.05, 0) is 43.1 Å². The molecule has 1 heterocycles. The summed E-state index contributed by atoms with van der Waals surface area (Å²) in [5.41, 5.74) is 8.57. The maximum atomic E-state index is 11.5. The SMILES string of the molecule is COC(=O)Cc1cn(CCCN)c2cc(Cl)c(C)cc12. The van der Waals surface area contributed by atoms with Gasteiger partial charge in [-0.25, -0.2) is 0 Å². The summed E-state index contributed by atoms with van der Waals surface area (Å²) in [6.07, 6.45) is 3.14. The molecule has 0 unspecified atom stereocenters. The van der Waals surface area contributed by atoms with Crippen molar-refractivity contribution in [3.05, 3.63) is 34.5 Å². The van der Waals surface area contributed by atoms with E-state index in [0.717, 1.165) is 40.0 Å². The first-order valence-corrected chi connectivity index (χ1v) is 6.99. The predicted molar refractivity (Wildman–Crippen MR) is 81.1 cm³/mol. The van der Waals surface area contributed by atoms with Crippen LogP contribution in [0.1, 0.15) is 17.5 Å². The Labute approximate surface area is 123 Å². The molecule has 0 bridgehead atoms. The molecule has 0 aliphatic carbocycles. The summed E-state index contributed by atoms with van der Waals surface area (Å²) in [5.74, 6) is -0.240. The number of halogens is 1. The standard InChI is InChI=1S/C15H19ClN2O2/c1-10-6-12-11(7-15(19)20-2)9-18(5-3-4-17)14(12)8-13(10)16/h6,8-9H,3-5,7,17H2,1-2H3. The average molecular weight is 295 g/mol. The number of aromatic nitrogens is 1. The van der Waals surface area contributed by atoms with Gasteiger partial charge in [0.15, 0.2) is 0 Å². The summed E-state index contributed by atoms with van der Waals surface area (Å²) >= 11 is 6.21. The van der Waals surface area contributed by atoms with Gasteiger partial charge in [0.2, 0.25) is 0 Å². The van der Waals surface area contributed by atoms with Crippen LogP contribution in [-0.4, -0.2) is 24.2 Å². The maximum absolute atomic E-state index is 11.5. The zero-order valence-electron chi connectivity index (χ0n) is 11.8. The number of esters is 1. The molecule has 0 spiro atoms. The Morgan fingerprint density at radius 1 is 1.45 bits per heavy atom. The van der Waals surface area contributed by atoms with Crippen molar-refractivity contribution in [3.63, 3.8) is 0 Å². The fourth-order valence-electron chi connectivity index (χ4n) is 2.31. The predicted octanol–water partition coefficient (Wildman–Crippen LogP) is 2.67. The lowest BCUT2D eigenvalue weighted by molar-refractivity contribution is -0.139. The molecule has 2 N–H and O–H groups in total. The fraction of sp³-hybridized carbons (Fsp3) is 0.400. The van der Waals surface area contributed by atoms with Crippen LogP contribution in [0.5, 0.6) is 0 Å². The molecule has 0 saturated carbocycles. The molecule has 108 valence electrons. The molecular weight excluding hydrogens is 276 g/mol. The number of fused-ring (bicyclic) bond motifs is 1. The van der Waals surface area contributed by atoms with Crippen molar-refractivity contribution in [2.45, 2.75) is 26.3 Å². The third kappa shape index (κ3) is 2.97. The van der Waals surface area contributed by atoms with E-state index in [9.17, 15) is 4.79 Å². The number of carbonyl (C=O) groups is 1. The smallest absolute Gasteiger partial charge is 0.310 e. The zero-order chi connectivity index (χ0) is 14.7. The third-order valence-corrected chi connectivity index (χ3v) is 3.82. The van der Waals surface area contributed by atoms with Gasteiger partial charge in [-0.15, -0.1) is 0 Å². The van der Waals surface area contributed by atoms with Gasteiger partial charge in [0, 0.05) is 28.7 Å². The minimum absolute atomic E-state index is 0.240. The van der Waals surface area contributed by atoms with Crippen molar-refractivity contribution in [2.24, 2.45) is 5.73 Å². The van der Waals surface area contributed by atoms with Crippen LogP contribution in [0.3, 0.4) is 0 Å². The van der Waals surface area contributed by atoms with Crippen molar-refractivity contribution in [1.29, 1.82) is 0 Å². The summed E-state index contributed by atoms with van der Waals surface area (Å²) in [6.45, 7) is 3.40. The molecular formula is C15H19ClN2O2. The molecule has 4 nitrogen and oxygen atoms in total. The monoisotopic (exact) mass is 294 g/mol. The van der Waals surface area contributed by atoms with Crippen LogP contribution in [0.15, 0.2) is 18.3 Å². The highest BCUT2D eigenvalue weighted by Gasteiger charge is 2.13. The molecule has 1 aromatic heterocycles. The highest BCUT2D eigenvalue weighted by molar-refractivity contribution is 6.32. The summed E-state index contributed by atoms with van der Waals surface area (Å²) < 4.78 is 6.86. The van der Waals surface area contributed by atoms with Gasteiger partial charge in [0.05, 0.1) is 13.5 Å². The van der Waals surface area contributed by atoms with Crippen LogP contribution < -0.4 is 5.73 Å². The van der Waals surface area contributed by atoms with Gasteiger partial charge in [-0.1, -0.05) is 11.6 Å². The summed E-state index contributed by atoms with van der Waals surface area (Å²) in [5, 5.41) is 1.78. The van der Waals surface area contributed by atoms with Crippen molar-refractivity contribution in [1.82, 2.24) is 4.57 Å². The van der Waals surface area contributed by atoms with E-state index in [1.165, 1.54) is 7.11 Å². The Balaban J connectivity index is 2.51. The Bertz CT molecular complexity index is 634. The summed E-state index contributed by atoms with van der Waals surface area (Å²) in [4.78, 5) is 11.5. The number of aryl methyl sites for hydroxylation is 2. The van der Waals surface area contributed by atoms with Crippen LogP contribution in [0.4, 0.5) is 0 Å². The largest absolute Gasteiger partial charge is 0.469 e. The van der Waals surface area contributed by atoms with Gasteiger partial charge in [-0.3, -0.25) is 4.79 Å². The third-order valence-electron chi connectivity index (χ3n) is 3.41. The molecule has 0 amide bonds. The quantitative estimate of drug-likeness (QED) is 0.863. The first-order valence-electron chi connectivity index (χ1n) is 6.61. The van der Waals surface area contributed by atoms with Crippen molar-refractivity contribution < 1.29 is 9.53 Å². The minimum atomic E-state index is -0.240. The van der Waals surface area contributed by atoms with Crippen LogP contribution in [0.25, 0.3) is 10.9 Å². The fourth-order valence-corrected chi connectivity index (χ4v) is 2.47. The Kier molecular flexibility index (Phi) is 4.68. The number of nitrogens with zero attached hydrogens (tertiary/aromatic N) is 1. The van der Waals surface area contributed by atoms with E-state index in [2.05, 4.69) is 4.57 Å². The normalized spacial score (nSPS) is 11.0. The average Bonchev–Trinajstić information content (AvgIpc) is 2.74. The van der Waals surface area contributed by atoms with Crippen LogP contribution in [0, 0.1) is 6.92 Å². The van der Waals surface area contributed by atoms with E-state index in [0.29, 0.717) is 6.54 Å². The Morgan fingerprint density at radius 2 is 2.20 bits per heavy atom. The number of benzene rings is 1. The van der Waals surface area contributed by atoms with Gasteiger partial charge in [0.1, 0.15) is 0 Å². The molecule has 0 saturated heterocycles. The van der Waals surface area contributed by atoms with Crippen LogP contribution >= 0.6 is 11.6 Å². The maximum Gasteiger partial charge on any atom is 0.310 e. The van der Waals surface area contributed by atoms with E-state index in [1.54, 1.807) is 0 Å². The molecule has 20 heavy (non-hydrogen) atoms. The number of hydrogen-bond acceptors (Lipinski definition) is 3. The number of methoxy groups -OCH3 is 1. The number of ether oxygens (including phenoxy) is 1. The number of rotatable bonds is 5. The molecule has 1 aromatic carbocycles. The van der Waals surface area contributed by atoms with Crippen molar-refractivity contribution >= 4 is 28.5 Å². The molecule has 0 radical (unpaired) electrons. The van der Waals surface area contributed by atoms with Crippen molar-refractivity contribution in [2.75, 3.05) is 13.7 Å². The topological polar surface area (TPSA) is 57.2 Å². The number of carbonyl (C=O) groups excluding carboxylic acids is 1. The zero-order valence-corrected chi connectivity index (χ0v) is 12.5. The molecule has 5 heteroatoms. The lowest BCUT2D eigenvalue weighted by Crippen LogP contribution is -2.05. The lowest BCUT2D eigenvalue weighted by Gasteiger charge is -2.05. The Morgan fingerprint density at radius 3 is 2.85 bits per heavy atom. The second kappa shape index (κ2) is 6.29. The van der Waals surface area contributed by atoms with Gasteiger partial charge in [0.25, 0.3) is 0 Å². The van der Waals surface area contributed by atoms with E-state index in [1.807, 2.05) is 25.3 Å². The van der Waals surface area contributed by atoms with Gasteiger partial charge < -0.3 is 15.0 Å². The van der Waals surface area contributed by atoms with E-state index < -0.39 is 0 Å². The van der Waals surface area contributed by atoms with E-state index >= 15 is 0 Å². The molecule has 0 fully saturated rings. The number of nitrogens with two attached hydrogens (primary N) is 1. The molecule has 2 aromatic rings. The van der Waals surface area contributed by atoms with E-state index in [-0.39, 0.29) is 12.4 Å². The molecule has 0 aliphatic heterocycles. The highest BCUT2D eigenvalue weighted by atomic mass is 35.5. The van der Waals surface area contributed by atoms with Crippen LogP contribution in [0.2, 0.25) is 5.02 Å².